The van der Waals surface area contributed by atoms with E-state index in [4.69, 9.17) is 9.47 Å². The molecule has 0 saturated carbocycles. The summed E-state index contributed by atoms with van der Waals surface area (Å²) in [6, 6.07) is 18.1. The second-order valence-corrected chi connectivity index (χ2v) is 5.21. The molecule has 0 bridgehead atoms. The van der Waals surface area contributed by atoms with Crippen LogP contribution in [-0.2, 0) is 9.47 Å². The second kappa shape index (κ2) is 9.77. The molecule has 25 heavy (non-hydrogen) atoms. The fourth-order valence-corrected chi connectivity index (χ4v) is 1.85. The van der Waals surface area contributed by atoms with Gasteiger partial charge in [-0.15, -0.1) is 0 Å². The number of anilines is 2. The Labute approximate surface area is 146 Å². The van der Waals surface area contributed by atoms with E-state index in [0.29, 0.717) is 11.4 Å². The molecule has 0 spiro atoms. The molecule has 0 aliphatic heterocycles. The number of hydrogen-bond acceptors (Lipinski definition) is 4. The normalized spacial score (nSPS) is 10.7. The van der Waals surface area contributed by atoms with Crippen molar-refractivity contribution in [1.82, 2.24) is 0 Å². The first-order valence-corrected chi connectivity index (χ1v) is 7.77. The van der Waals surface area contributed by atoms with Gasteiger partial charge in [0.05, 0.1) is 0 Å². The third-order valence-corrected chi connectivity index (χ3v) is 3.12. The number of carbonyl (C=O) groups excluding carboxylic acids is 2. The van der Waals surface area contributed by atoms with E-state index in [1.807, 2.05) is 36.4 Å². The highest BCUT2D eigenvalue weighted by molar-refractivity contribution is 5.85. The Bertz CT molecular complexity index is 715. The van der Waals surface area contributed by atoms with Crippen molar-refractivity contribution in [2.45, 2.75) is 6.92 Å². The van der Waals surface area contributed by atoms with Gasteiger partial charge < -0.3 is 9.47 Å². The van der Waals surface area contributed by atoms with Crippen molar-refractivity contribution < 1.29 is 19.1 Å². The molecule has 0 heterocycles. The predicted octanol–water partition coefficient (Wildman–Crippen LogP) is 4.43. The summed E-state index contributed by atoms with van der Waals surface area (Å²) in [5, 5.41) is 5.22. The van der Waals surface area contributed by atoms with Gasteiger partial charge in [-0.3, -0.25) is 10.6 Å². The van der Waals surface area contributed by atoms with Crippen LogP contribution in [0.5, 0.6) is 0 Å². The van der Waals surface area contributed by atoms with Crippen LogP contribution >= 0.6 is 0 Å². The number of nitrogens with one attached hydrogen (secondary N) is 2. The van der Waals surface area contributed by atoms with Crippen molar-refractivity contribution in [2.24, 2.45) is 0 Å². The van der Waals surface area contributed by atoms with Crippen LogP contribution in [0.4, 0.5) is 21.0 Å². The Kier molecular flexibility index (Phi) is 7.06. The first-order chi connectivity index (χ1) is 12.1. The molecule has 0 aliphatic carbocycles. The highest BCUT2D eigenvalue weighted by atomic mass is 16.6. The zero-order valence-corrected chi connectivity index (χ0v) is 13.9. The maximum atomic E-state index is 11.6. The molecule has 0 radical (unpaired) electrons. The first kappa shape index (κ1) is 18.1. The molecule has 0 atom stereocenters. The molecule has 2 aromatic carbocycles. The summed E-state index contributed by atoms with van der Waals surface area (Å²) in [4.78, 5) is 23.3. The minimum absolute atomic E-state index is 0.0914. The van der Waals surface area contributed by atoms with Gasteiger partial charge in [-0.1, -0.05) is 36.4 Å². The summed E-state index contributed by atoms with van der Waals surface area (Å²) in [6.07, 6.45) is 0.597. The van der Waals surface area contributed by atoms with Crippen LogP contribution in [0.1, 0.15) is 6.92 Å². The van der Waals surface area contributed by atoms with E-state index in [1.54, 1.807) is 37.3 Å². The van der Waals surface area contributed by atoms with E-state index >= 15 is 0 Å². The fourth-order valence-electron chi connectivity index (χ4n) is 1.85. The average Bonchev–Trinajstić information content (AvgIpc) is 2.62. The standard InChI is InChI=1S/C19H20N2O4/c1-15(14-25-19(23)21-17-10-6-3-7-11-17)12-13-24-18(22)20-16-8-4-2-5-9-16/h2-12H,13-14H2,1H3,(H,20,22)(H,21,23)/b15-12+. The van der Waals surface area contributed by atoms with Crippen LogP contribution in [0.25, 0.3) is 0 Å². The molecule has 6 heteroatoms. The Morgan fingerprint density at radius 2 is 1.32 bits per heavy atom. The molecule has 2 rings (SSSR count). The number of amides is 2. The SMILES string of the molecule is C/C(=C\COC(=O)Nc1ccccc1)COC(=O)Nc1ccccc1. The van der Waals surface area contributed by atoms with Crippen molar-refractivity contribution in [3.05, 3.63) is 72.3 Å². The van der Waals surface area contributed by atoms with E-state index in [0.717, 1.165) is 5.57 Å². The maximum Gasteiger partial charge on any atom is 0.411 e. The Balaban J connectivity index is 1.65. The van der Waals surface area contributed by atoms with Crippen molar-refractivity contribution in [3.63, 3.8) is 0 Å². The van der Waals surface area contributed by atoms with Crippen molar-refractivity contribution in [2.75, 3.05) is 23.8 Å². The van der Waals surface area contributed by atoms with Crippen molar-refractivity contribution >= 4 is 23.6 Å². The number of para-hydroxylation sites is 2. The molecule has 2 aromatic rings. The predicted molar refractivity (Wildman–Crippen MR) is 96.6 cm³/mol. The summed E-state index contributed by atoms with van der Waals surface area (Å²) in [7, 11) is 0. The summed E-state index contributed by atoms with van der Waals surface area (Å²) in [5.41, 5.74) is 2.10. The van der Waals surface area contributed by atoms with Gasteiger partial charge in [0.1, 0.15) is 13.2 Å². The van der Waals surface area contributed by atoms with E-state index in [2.05, 4.69) is 10.6 Å². The summed E-state index contributed by atoms with van der Waals surface area (Å²) >= 11 is 0. The smallest absolute Gasteiger partial charge is 0.411 e. The van der Waals surface area contributed by atoms with Crippen molar-refractivity contribution in [3.8, 4) is 0 Å². The van der Waals surface area contributed by atoms with Crippen molar-refractivity contribution in [1.29, 1.82) is 0 Å². The monoisotopic (exact) mass is 340 g/mol. The molecule has 0 unspecified atom stereocenters. The molecule has 130 valence electrons. The van der Waals surface area contributed by atoms with Crippen LogP contribution in [0.15, 0.2) is 72.3 Å². The quantitative estimate of drug-likeness (QED) is 0.763. The van der Waals surface area contributed by atoms with Crippen LogP contribution < -0.4 is 10.6 Å². The molecule has 6 nitrogen and oxygen atoms in total. The lowest BCUT2D eigenvalue weighted by Gasteiger charge is -2.08. The van der Waals surface area contributed by atoms with Gasteiger partial charge in [-0.05, 0) is 42.8 Å². The van der Waals surface area contributed by atoms with Crippen LogP contribution in [-0.4, -0.2) is 25.4 Å². The number of rotatable bonds is 6. The summed E-state index contributed by atoms with van der Waals surface area (Å²) in [6.45, 7) is 1.99. The first-order valence-electron chi connectivity index (χ1n) is 7.77. The summed E-state index contributed by atoms with van der Waals surface area (Å²) < 4.78 is 10.1. The third-order valence-electron chi connectivity index (χ3n) is 3.12. The zero-order chi connectivity index (χ0) is 17.9. The average molecular weight is 340 g/mol. The molecular formula is C19H20N2O4. The lowest BCUT2D eigenvalue weighted by atomic mass is 10.3. The Morgan fingerprint density at radius 3 is 1.84 bits per heavy atom. The fraction of sp³-hybridized carbons (Fsp3) is 0.158. The van der Waals surface area contributed by atoms with E-state index in [-0.39, 0.29) is 13.2 Å². The van der Waals surface area contributed by atoms with Crippen LogP contribution in [0.2, 0.25) is 0 Å². The van der Waals surface area contributed by atoms with Gasteiger partial charge >= 0.3 is 12.2 Å². The molecular weight excluding hydrogens is 320 g/mol. The molecule has 0 aliphatic rings. The minimum Gasteiger partial charge on any atom is -0.445 e. The zero-order valence-electron chi connectivity index (χ0n) is 13.9. The lowest BCUT2D eigenvalue weighted by molar-refractivity contribution is 0.167. The van der Waals surface area contributed by atoms with Gasteiger partial charge in [0.15, 0.2) is 0 Å². The molecule has 0 aromatic heterocycles. The van der Waals surface area contributed by atoms with E-state index in [9.17, 15) is 9.59 Å². The minimum atomic E-state index is -0.544. The molecule has 0 saturated heterocycles. The van der Waals surface area contributed by atoms with Crippen LogP contribution in [0.3, 0.4) is 0 Å². The van der Waals surface area contributed by atoms with Gasteiger partial charge in [0.2, 0.25) is 0 Å². The molecule has 2 amide bonds. The molecule has 0 fully saturated rings. The van der Waals surface area contributed by atoms with Gasteiger partial charge in [0.25, 0.3) is 0 Å². The second-order valence-electron chi connectivity index (χ2n) is 5.21. The summed E-state index contributed by atoms with van der Waals surface area (Å²) in [5.74, 6) is 0. The highest BCUT2D eigenvalue weighted by Gasteiger charge is 2.04. The van der Waals surface area contributed by atoms with Gasteiger partial charge in [-0.25, -0.2) is 9.59 Å². The van der Waals surface area contributed by atoms with E-state index < -0.39 is 12.2 Å². The number of benzene rings is 2. The maximum absolute atomic E-state index is 11.6. The Hall–Kier alpha value is -3.28. The molecule has 2 N–H and O–H groups in total. The largest absolute Gasteiger partial charge is 0.445 e. The number of hydrogen-bond donors (Lipinski definition) is 2. The number of carbonyl (C=O) groups is 2. The lowest BCUT2D eigenvalue weighted by Crippen LogP contribution is -2.15. The van der Waals surface area contributed by atoms with Gasteiger partial charge in [-0.2, -0.15) is 0 Å². The highest BCUT2D eigenvalue weighted by Crippen LogP contribution is 2.07. The topological polar surface area (TPSA) is 76.7 Å². The Morgan fingerprint density at radius 1 is 0.840 bits per heavy atom. The van der Waals surface area contributed by atoms with Gasteiger partial charge in [0, 0.05) is 11.4 Å². The van der Waals surface area contributed by atoms with Crippen LogP contribution in [0, 0.1) is 0 Å². The van der Waals surface area contributed by atoms with E-state index in [1.165, 1.54) is 0 Å². The third kappa shape index (κ3) is 7.22. The number of ether oxygens (including phenoxy) is 2.